The number of hydrogen-bond donors (Lipinski definition) is 1. The Labute approximate surface area is 187 Å². The molecule has 0 amide bonds. The van der Waals surface area contributed by atoms with E-state index < -0.39 is 0 Å². The Hall–Kier alpha value is -1.46. The Kier molecular flexibility index (Phi) is 6.50. The third-order valence-corrected chi connectivity index (χ3v) is 7.62. The van der Waals surface area contributed by atoms with Gasteiger partial charge in [-0.2, -0.15) is 4.68 Å². The number of likely N-dealkylation sites (tertiary alicyclic amines) is 1. The molecule has 164 valence electrons. The lowest BCUT2D eigenvalue weighted by Gasteiger charge is -2.30. The number of quaternary nitrogens is 1. The quantitative estimate of drug-likeness (QED) is 0.683. The van der Waals surface area contributed by atoms with Crippen molar-refractivity contribution in [2.45, 2.75) is 90.8 Å². The van der Waals surface area contributed by atoms with Gasteiger partial charge in [0.1, 0.15) is 0 Å². The lowest BCUT2D eigenvalue weighted by Crippen LogP contribution is -3.12. The molecule has 2 aliphatic rings. The molecule has 0 bridgehead atoms. The van der Waals surface area contributed by atoms with E-state index in [0.29, 0.717) is 12.0 Å². The first kappa shape index (κ1) is 21.8. The van der Waals surface area contributed by atoms with E-state index in [1.54, 1.807) is 4.90 Å². The van der Waals surface area contributed by atoms with Gasteiger partial charge in [-0.1, -0.05) is 64.8 Å². The number of aromatic nitrogens is 3. The Morgan fingerprint density at radius 3 is 2.30 bits per heavy atom. The fraction of sp³-hybridized carbons (Fsp3) is 0.680. The van der Waals surface area contributed by atoms with Gasteiger partial charge in [0.25, 0.3) is 0 Å². The molecule has 30 heavy (non-hydrogen) atoms. The molecule has 0 radical (unpaired) electrons. The molecular formula is C25H39N4S+. The van der Waals surface area contributed by atoms with Gasteiger partial charge in [0.15, 0.2) is 12.5 Å². The third kappa shape index (κ3) is 4.57. The van der Waals surface area contributed by atoms with Crippen LogP contribution in [-0.4, -0.2) is 27.4 Å². The second-order valence-electron chi connectivity index (χ2n) is 10.6. The van der Waals surface area contributed by atoms with Crippen LogP contribution in [0.5, 0.6) is 0 Å². The Morgan fingerprint density at radius 1 is 1.00 bits per heavy atom. The predicted octanol–water partition coefficient (Wildman–Crippen LogP) is 5.16. The molecule has 1 aliphatic carbocycles. The summed E-state index contributed by atoms with van der Waals surface area (Å²) in [6.45, 7) is 12.6. The van der Waals surface area contributed by atoms with Crippen molar-refractivity contribution in [3.05, 3.63) is 34.6 Å². The van der Waals surface area contributed by atoms with Crippen LogP contribution in [0, 0.1) is 10.7 Å². The van der Waals surface area contributed by atoms with E-state index in [1.165, 1.54) is 69.2 Å². The van der Waals surface area contributed by atoms with Gasteiger partial charge in [-0.05, 0) is 61.2 Å². The van der Waals surface area contributed by atoms with Crippen LogP contribution in [0.25, 0.3) is 11.4 Å². The molecule has 2 aromatic rings. The van der Waals surface area contributed by atoms with E-state index in [1.807, 2.05) is 0 Å². The number of nitrogens with one attached hydrogen (secondary N) is 1. The number of piperidine rings is 1. The molecule has 1 aromatic heterocycles. The highest BCUT2D eigenvalue weighted by Gasteiger charge is 2.28. The van der Waals surface area contributed by atoms with Crippen molar-refractivity contribution in [3.63, 3.8) is 0 Å². The number of rotatable bonds is 4. The fourth-order valence-corrected chi connectivity index (χ4v) is 5.57. The van der Waals surface area contributed by atoms with Crippen LogP contribution in [0.4, 0.5) is 0 Å². The molecule has 1 N–H and O–H groups in total. The fourth-order valence-electron chi connectivity index (χ4n) is 5.24. The average Bonchev–Trinajstić information content (AvgIpc) is 3.05. The van der Waals surface area contributed by atoms with E-state index in [9.17, 15) is 0 Å². The predicted molar refractivity (Wildman–Crippen MR) is 126 cm³/mol. The minimum absolute atomic E-state index is 0.159. The zero-order chi connectivity index (χ0) is 21.3. The van der Waals surface area contributed by atoms with Crippen molar-refractivity contribution in [1.82, 2.24) is 14.3 Å². The van der Waals surface area contributed by atoms with Gasteiger partial charge in [0, 0.05) is 11.6 Å². The summed E-state index contributed by atoms with van der Waals surface area (Å²) in [4.78, 5) is 1.62. The van der Waals surface area contributed by atoms with Gasteiger partial charge < -0.3 is 4.90 Å². The second-order valence-corrected chi connectivity index (χ2v) is 11.0. The number of nitrogens with zero attached hydrogens (tertiary/aromatic N) is 3. The molecule has 1 aliphatic heterocycles. The highest BCUT2D eigenvalue weighted by Crippen LogP contribution is 2.37. The SMILES string of the molecule is C[C@@H]1CCCC[C@@H]1n1c(-c2ccc(C(C)(C)C)cc2)nn(C[NH+]2CCCCC2)c1=S. The maximum absolute atomic E-state index is 6.05. The molecule has 5 heteroatoms. The van der Waals surface area contributed by atoms with Crippen molar-refractivity contribution in [2.24, 2.45) is 5.92 Å². The van der Waals surface area contributed by atoms with E-state index in [-0.39, 0.29) is 5.41 Å². The largest absolute Gasteiger partial charge is 0.316 e. The molecular weight excluding hydrogens is 388 g/mol. The maximum Gasteiger partial charge on any atom is 0.203 e. The molecule has 4 nitrogen and oxygen atoms in total. The monoisotopic (exact) mass is 427 g/mol. The topological polar surface area (TPSA) is 27.2 Å². The molecule has 2 heterocycles. The summed E-state index contributed by atoms with van der Waals surface area (Å²) in [5, 5.41) is 5.13. The minimum Gasteiger partial charge on any atom is -0.316 e. The maximum atomic E-state index is 6.05. The van der Waals surface area contributed by atoms with Crippen LogP contribution in [0.1, 0.15) is 84.2 Å². The van der Waals surface area contributed by atoms with E-state index in [2.05, 4.69) is 61.2 Å². The van der Waals surface area contributed by atoms with Crippen molar-refractivity contribution in [3.8, 4) is 11.4 Å². The van der Waals surface area contributed by atoms with Crippen LogP contribution in [0.2, 0.25) is 0 Å². The smallest absolute Gasteiger partial charge is 0.203 e. The highest BCUT2D eigenvalue weighted by molar-refractivity contribution is 7.71. The molecule has 1 saturated heterocycles. The van der Waals surface area contributed by atoms with Gasteiger partial charge in [-0.15, -0.1) is 5.10 Å². The molecule has 0 spiro atoms. The molecule has 1 aromatic carbocycles. The lowest BCUT2D eigenvalue weighted by molar-refractivity contribution is -0.928. The van der Waals surface area contributed by atoms with E-state index in [0.717, 1.165) is 17.3 Å². The first-order chi connectivity index (χ1) is 14.3. The number of benzene rings is 1. The summed E-state index contributed by atoms with van der Waals surface area (Å²) >= 11 is 6.05. The standard InChI is InChI=1S/C25H38N4S/c1-19-10-6-7-11-22(19)29-23(20-12-14-21(15-13-20)25(2,3)4)26-28(24(29)30)18-27-16-8-5-9-17-27/h12-15,19,22H,5-11,16-18H2,1-4H3/p+1/t19-,22+/m1/s1. The number of hydrogen-bond acceptors (Lipinski definition) is 2. The third-order valence-electron chi connectivity index (χ3n) is 7.21. The van der Waals surface area contributed by atoms with Crippen LogP contribution in [0.3, 0.4) is 0 Å². The molecule has 4 rings (SSSR count). The zero-order valence-electron chi connectivity index (χ0n) is 19.3. The Bertz CT molecular complexity index is 897. The summed E-state index contributed by atoms with van der Waals surface area (Å²) in [6, 6.07) is 9.50. The van der Waals surface area contributed by atoms with Gasteiger partial charge in [0.05, 0.1) is 13.1 Å². The molecule has 2 atom stereocenters. The summed E-state index contributed by atoms with van der Waals surface area (Å²) in [5.41, 5.74) is 2.71. The van der Waals surface area contributed by atoms with Crippen LogP contribution >= 0.6 is 12.2 Å². The summed E-state index contributed by atoms with van der Waals surface area (Å²) in [7, 11) is 0. The summed E-state index contributed by atoms with van der Waals surface area (Å²) in [6.07, 6.45) is 9.15. The Morgan fingerprint density at radius 2 is 1.67 bits per heavy atom. The van der Waals surface area contributed by atoms with Crippen molar-refractivity contribution in [1.29, 1.82) is 0 Å². The second kappa shape index (κ2) is 8.96. The van der Waals surface area contributed by atoms with Crippen LogP contribution in [0.15, 0.2) is 24.3 Å². The van der Waals surface area contributed by atoms with Crippen molar-refractivity contribution < 1.29 is 4.90 Å². The summed E-state index contributed by atoms with van der Waals surface area (Å²) < 4.78 is 5.46. The highest BCUT2D eigenvalue weighted by atomic mass is 32.1. The van der Waals surface area contributed by atoms with Gasteiger partial charge in [-0.3, -0.25) is 4.57 Å². The average molecular weight is 428 g/mol. The van der Waals surface area contributed by atoms with Crippen LogP contribution < -0.4 is 4.90 Å². The van der Waals surface area contributed by atoms with Crippen molar-refractivity contribution >= 4 is 12.2 Å². The van der Waals surface area contributed by atoms with E-state index >= 15 is 0 Å². The van der Waals surface area contributed by atoms with Crippen molar-refractivity contribution in [2.75, 3.05) is 13.1 Å². The van der Waals surface area contributed by atoms with Crippen LogP contribution in [-0.2, 0) is 12.1 Å². The summed E-state index contributed by atoms with van der Waals surface area (Å²) in [5.74, 6) is 1.72. The first-order valence-electron chi connectivity index (χ1n) is 12.0. The minimum atomic E-state index is 0.159. The first-order valence-corrected chi connectivity index (χ1v) is 12.4. The molecule has 0 unspecified atom stereocenters. The lowest BCUT2D eigenvalue weighted by atomic mass is 9.85. The van der Waals surface area contributed by atoms with E-state index in [4.69, 9.17) is 17.3 Å². The van der Waals surface area contributed by atoms with Gasteiger partial charge in [0.2, 0.25) is 4.77 Å². The molecule has 1 saturated carbocycles. The Balaban J connectivity index is 1.73. The zero-order valence-corrected chi connectivity index (χ0v) is 20.1. The van der Waals surface area contributed by atoms with Gasteiger partial charge in [-0.25, -0.2) is 0 Å². The normalized spacial score (nSPS) is 23.6. The molecule has 2 fully saturated rings. The van der Waals surface area contributed by atoms with Gasteiger partial charge >= 0.3 is 0 Å².